The van der Waals surface area contributed by atoms with Gasteiger partial charge in [0.2, 0.25) is 0 Å². The van der Waals surface area contributed by atoms with E-state index in [-0.39, 0.29) is 11.1 Å². The van der Waals surface area contributed by atoms with Crippen LogP contribution in [-0.2, 0) is 0 Å². The highest BCUT2D eigenvalue weighted by atomic mass is 16.3. The van der Waals surface area contributed by atoms with Crippen molar-refractivity contribution in [3.8, 4) is 0 Å². The summed E-state index contributed by atoms with van der Waals surface area (Å²) in [5.74, 6) is 0. The maximum atomic E-state index is 10.7. The Kier molecular flexibility index (Phi) is 2.22. The van der Waals surface area contributed by atoms with Crippen molar-refractivity contribution in [1.29, 1.82) is 0 Å². The van der Waals surface area contributed by atoms with E-state index in [0.717, 1.165) is 6.42 Å². The molecule has 1 aliphatic heterocycles. The van der Waals surface area contributed by atoms with Crippen molar-refractivity contribution in [2.75, 3.05) is 0 Å². The fourth-order valence-electron chi connectivity index (χ4n) is 2.47. The van der Waals surface area contributed by atoms with E-state index in [1.165, 1.54) is 5.57 Å². The van der Waals surface area contributed by atoms with Crippen LogP contribution in [0.25, 0.3) is 0 Å². The Bertz CT molecular complexity index is 254. The minimum atomic E-state index is -0.256. The van der Waals surface area contributed by atoms with Crippen LogP contribution in [0.2, 0.25) is 0 Å². The Balaban J connectivity index is 3.11. The van der Waals surface area contributed by atoms with Crippen LogP contribution >= 0.6 is 0 Å². The second kappa shape index (κ2) is 2.82. The minimum absolute atomic E-state index is 0.163. The minimum Gasteiger partial charge on any atom is -0.246 e. The van der Waals surface area contributed by atoms with Crippen molar-refractivity contribution >= 4 is 0 Å². The van der Waals surface area contributed by atoms with E-state index in [1.54, 1.807) is 5.01 Å². The lowest BCUT2D eigenvalue weighted by atomic mass is 9.83. The first-order valence-corrected chi connectivity index (χ1v) is 4.61. The molecule has 0 amide bonds. The van der Waals surface area contributed by atoms with Crippen molar-refractivity contribution in [3.63, 3.8) is 0 Å². The van der Waals surface area contributed by atoms with Crippen LogP contribution in [0.4, 0.5) is 0 Å². The summed E-state index contributed by atoms with van der Waals surface area (Å²) in [5, 5.41) is 4.77. The van der Waals surface area contributed by atoms with Gasteiger partial charge < -0.3 is 0 Å². The lowest BCUT2D eigenvalue weighted by Gasteiger charge is -2.46. The van der Waals surface area contributed by atoms with Crippen molar-refractivity contribution in [1.82, 2.24) is 5.01 Å². The van der Waals surface area contributed by atoms with Gasteiger partial charge in [-0.3, -0.25) is 0 Å². The molecule has 3 heteroatoms. The molecule has 1 aliphatic rings. The molecule has 0 saturated heterocycles. The van der Waals surface area contributed by atoms with Gasteiger partial charge in [0.1, 0.15) is 0 Å². The smallest absolute Gasteiger partial charge is 0.0743 e. The highest BCUT2D eigenvalue weighted by Gasteiger charge is 2.40. The SMILES string of the molecule is CC1=CC(C)(C)N(N=O)C(C)(C)C1. The summed E-state index contributed by atoms with van der Waals surface area (Å²) in [6, 6.07) is 0. The van der Waals surface area contributed by atoms with Gasteiger partial charge in [0.05, 0.1) is 16.4 Å². The molecule has 0 radical (unpaired) electrons. The number of hydrogen-bond donors (Lipinski definition) is 0. The van der Waals surface area contributed by atoms with Gasteiger partial charge in [-0.25, -0.2) is 5.01 Å². The number of rotatable bonds is 1. The van der Waals surface area contributed by atoms with Gasteiger partial charge in [-0.05, 0) is 41.0 Å². The Hall–Kier alpha value is -0.860. The van der Waals surface area contributed by atoms with Gasteiger partial charge >= 0.3 is 0 Å². The third-order valence-corrected chi connectivity index (χ3v) is 2.51. The average Bonchev–Trinajstić information content (AvgIpc) is 1.79. The van der Waals surface area contributed by atoms with Gasteiger partial charge in [0, 0.05) is 0 Å². The summed E-state index contributed by atoms with van der Waals surface area (Å²) >= 11 is 0. The molecule has 3 nitrogen and oxygen atoms in total. The van der Waals surface area contributed by atoms with Crippen molar-refractivity contribution in [2.45, 2.75) is 52.1 Å². The molecule has 0 saturated carbocycles. The van der Waals surface area contributed by atoms with Crippen LogP contribution in [-0.4, -0.2) is 16.1 Å². The Morgan fingerprint density at radius 1 is 1.38 bits per heavy atom. The second-order valence-corrected chi connectivity index (χ2v) is 5.03. The van der Waals surface area contributed by atoms with Crippen LogP contribution in [0.1, 0.15) is 41.0 Å². The zero-order valence-corrected chi connectivity index (χ0v) is 9.09. The lowest BCUT2D eigenvalue weighted by Crippen LogP contribution is -2.53. The number of hydrogen-bond acceptors (Lipinski definition) is 2. The molecule has 1 rings (SSSR count). The molecule has 74 valence electrons. The Labute approximate surface area is 79.8 Å². The first-order chi connectivity index (χ1) is 5.79. The molecule has 0 bridgehead atoms. The van der Waals surface area contributed by atoms with Crippen LogP contribution in [0.3, 0.4) is 0 Å². The first kappa shape index (κ1) is 10.2. The summed E-state index contributed by atoms with van der Waals surface area (Å²) in [5.41, 5.74) is 0.910. The fraction of sp³-hybridized carbons (Fsp3) is 0.800. The zero-order chi connectivity index (χ0) is 10.3. The molecule has 1 heterocycles. The molecule has 0 aromatic rings. The quantitative estimate of drug-likeness (QED) is 0.461. The van der Waals surface area contributed by atoms with Gasteiger partial charge in [-0.1, -0.05) is 11.6 Å². The molecule has 0 N–H and O–H groups in total. The van der Waals surface area contributed by atoms with E-state index in [1.807, 2.05) is 27.7 Å². The van der Waals surface area contributed by atoms with Crippen LogP contribution < -0.4 is 0 Å². The van der Waals surface area contributed by atoms with Crippen LogP contribution in [0.15, 0.2) is 16.9 Å². The van der Waals surface area contributed by atoms with Gasteiger partial charge in [0.15, 0.2) is 0 Å². The van der Waals surface area contributed by atoms with Crippen molar-refractivity contribution in [3.05, 3.63) is 16.6 Å². The standard InChI is InChI=1S/C10H18N2O/c1-8-6-9(2,3)12(11-13)10(4,5)7-8/h6H,7H2,1-5H3. The second-order valence-electron chi connectivity index (χ2n) is 5.03. The number of nitrogens with zero attached hydrogens (tertiary/aromatic N) is 2. The average molecular weight is 182 g/mol. The monoisotopic (exact) mass is 182 g/mol. The summed E-state index contributed by atoms with van der Waals surface area (Å²) < 4.78 is 0. The third kappa shape index (κ3) is 1.74. The molecular formula is C10H18N2O. The summed E-state index contributed by atoms with van der Waals surface area (Å²) in [7, 11) is 0. The first-order valence-electron chi connectivity index (χ1n) is 4.61. The zero-order valence-electron chi connectivity index (χ0n) is 9.09. The van der Waals surface area contributed by atoms with Gasteiger partial charge in [-0.15, -0.1) is 4.91 Å². The molecule has 0 fully saturated rings. The normalized spacial score (nSPS) is 25.3. The largest absolute Gasteiger partial charge is 0.246 e. The predicted molar refractivity (Wildman–Crippen MR) is 54.2 cm³/mol. The van der Waals surface area contributed by atoms with E-state index in [0.29, 0.717) is 0 Å². The Morgan fingerprint density at radius 2 is 1.92 bits per heavy atom. The van der Waals surface area contributed by atoms with E-state index in [4.69, 9.17) is 0 Å². The topological polar surface area (TPSA) is 32.7 Å². The van der Waals surface area contributed by atoms with Gasteiger partial charge in [-0.2, -0.15) is 0 Å². The van der Waals surface area contributed by atoms with Crippen LogP contribution in [0, 0.1) is 4.91 Å². The lowest BCUT2D eigenvalue weighted by molar-refractivity contribution is 0.0327. The van der Waals surface area contributed by atoms with Crippen molar-refractivity contribution in [2.24, 2.45) is 5.29 Å². The molecule has 0 aliphatic carbocycles. The maximum Gasteiger partial charge on any atom is 0.0743 e. The molecule has 0 atom stereocenters. The predicted octanol–water partition coefficient (Wildman–Crippen LogP) is 2.88. The summed E-state index contributed by atoms with van der Waals surface area (Å²) in [6.07, 6.45) is 3.02. The molecule has 0 spiro atoms. The molecular weight excluding hydrogens is 164 g/mol. The number of nitroso groups, excluding NO2 is 1. The maximum absolute atomic E-state index is 10.7. The fourth-order valence-corrected chi connectivity index (χ4v) is 2.47. The van der Waals surface area contributed by atoms with Crippen molar-refractivity contribution < 1.29 is 0 Å². The Morgan fingerprint density at radius 3 is 2.31 bits per heavy atom. The summed E-state index contributed by atoms with van der Waals surface area (Å²) in [6.45, 7) is 10.2. The van der Waals surface area contributed by atoms with Crippen LogP contribution in [0.5, 0.6) is 0 Å². The van der Waals surface area contributed by atoms with E-state index in [2.05, 4.69) is 18.3 Å². The molecule has 0 aromatic carbocycles. The van der Waals surface area contributed by atoms with E-state index in [9.17, 15) is 4.91 Å². The van der Waals surface area contributed by atoms with E-state index >= 15 is 0 Å². The van der Waals surface area contributed by atoms with Gasteiger partial charge in [0.25, 0.3) is 0 Å². The van der Waals surface area contributed by atoms with E-state index < -0.39 is 0 Å². The molecule has 0 unspecified atom stereocenters. The highest BCUT2D eigenvalue weighted by Crippen LogP contribution is 2.36. The highest BCUT2D eigenvalue weighted by molar-refractivity contribution is 5.19. The molecule has 0 aromatic heterocycles. The molecule has 13 heavy (non-hydrogen) atoms. The third-order valence-electron chi connectivity index (χ3n) is 2.51. The summed E-state index contributed by atoms with van der Waals surface area (Å²) in [4.78, 5) is 10.7.